The molecule has 1 aromatic heterocycles. The van der Waals surface area contributed by atoms with Crippen molar-refractivity contribution in [3.05, 3.63) is 23.7 Å². The number of carbonyl (C=O) groups is 1. The summed E-state index contributed by atoms with van der Waals surface area (Å²) >= 11 is 0. The van der Waals surface area contributed by atoms with Crippen LogP contribution in [0.1, 0.15) is 22.7 Å². The molecule has 1 amide bonds. The largest absolute Gasteiger partial charge is 0.456 e. The van der Waals surface area contributed by atoms with E-state index in [4.69, 9.17) is 14.9 Å². The van der Waals surface area contributed by atoms with E-state index < -0.39 is 0 Å². The van der Waals surface area contributed by atoms with Gasteiger partial charge in [0.1, 0.15) is 5.76 Å². The first kappa shape index (κ1) is 12.7. The van der Waals surface area contributed by atoms with Gasteiger partial charge >= 0.3 is 0 Å². The quantitative estimate of drug-likeness (QED) is 0.747. The fourth-order valence-corrected chi connectivity index (χ4v) is 1.41. The summed E-state index contributed by atoms with van der Waals surface area (Å²) in [4.78, 5) is 11.7. The van der Waals surface area contributed by atoms with Crippen LogP contribution in [0.15, 0.2) is 16.5 Å². The molecule has 0 saturated heterocycles. The minimum Gasteiger partial charge on any atom is -0.456 e. The van der Waals surface area contributed by atoms with Crippen LogP contribution < -0.4 is 11.1 Å². The Balaban J connectivity index is 2.54. The molecule has 0 fully saturated rings. The molecule has 0 bridgehead atoms. The molecule has 0 aliphatic heterocycles. The smallest absolute Gasteiger partial charge is 0.287 e. The average molecular weight is 226 g/mol. The van der Waals surface area contributed by atoms with Gasteiger partial charge in [0.2, 0.25) is 0 Å². The third-order valence-electron chi connectivity index (χ3n) is 2.18. The molecule has 0 radical (unpaired) electrons. The van der Waals surface area contributed by atoms with Gasteiger partial charge in [-0.05, 0) is 32.0 Å². The topological polar surface area (TPSA) is 77.5 Å². The maximum Gasteiger partial charge on any atom is 0.287 e. The zero-order chi connectivity index (χ0) is 12.0. The molecule has 0 aromatic carbocycles. The average Bonchev–Trinajstić information content (AvgIpc) is 2.65. The van der Waals surface area contributed by atoms with Crippen LogP contribution in [-0.4, -0.2) is 32.2 Å². The second-order valence-electron chi connectivity index (χ2n) is 3.61. The number of nitrogens with one attached hydrogen (secondary N) is 1. The third kappa shape index (κ3) is 3.67. The number of nitrogens with two attached hydrogens (primary N) is 1. The van der Waals surface area contributed by atoms with Gasteiger partial charge in [-0.15, -0.1) is 0 Å². The number of hydrogen-bond acceptors (Lipinski definition) is 4. The first-order chi connectivity index (χ1) is 7.67. The molecular weight excluding hydrogens is 208 g/mol. The second-order valence-corrected chi connectivity index (χ2v) is 3.61. The van der Waals surface area contributed by atoms with Crippen LogP contribution in [0.5, 0.6) is 0 Å². The van der Waals surface area contributed by atoms with Crippen molar-refractivity contribution in [2.24, 2.45) is 5.73 Å². The molecule has 16 heavy (non-hydrogen) atoms. The molecular formula is C11H18N2O3. The van der Waals surface area contributed by atoms with Gasteiger partial charge in [-0.25, -0.2) is 0 Å². The van der Waals surface area contributed by atoms with Gasteiger partial charge in [0, 0.05) is 7.11 Å². The van der Waals surface area contributed by atoms with E-state index in [1.54, 1.807) is 26.2 Å². The van der Waals surface area contributed by atoms with Crippen LogP contribution in [0.4, 0.5) is 0 Å². The zero-order valence-electron chi connectivity index (χ0n) is 9.66. The minimum absolute atomic E-state index is 0.0760. The predicted octanol–water partition coefficient (Wildman–Crippen LogP) is 0.682. The van der Waals surface area contributed by atoms with Crippen LogP contribution in [0.25, 0.3) is 0 Å². The lowest BCUT2D eigenvalue weighted by molar-refractivity contribution is 0.0864. The Morgan fingerprint density at radius 1 is 1.62 bits per heavy atom. The second kappa shape index (κ2) is 6.30. The fraction of sp³-hybridized carbons (Fsp3) is 0.545. The SMILES string of the molecule is COCC(CCN)NC(=O)c1ccc(C)o1. The molecule has 0 aliphatic rings. The number of amides is 1. The van der Waals surface area contributed by atoms with Gasteiger partial charge < -0.3 is 20.2 Å². The Labute approximate surface area is 94.9 Å². The molecule has 3 N–H and O–H groups in total. The van der Waals surface area contributed by atoms with E-state index in [1.165, 1.54) is 0 Å². The molecule has 90 valence electrons. The minimum atomic E-state index is -0.233. The first-order valence-corrected chi connectivity index (χ1v) is 5.23. The fourth-order valence-electron chi connectivity index (χ4n) is 1.41. The highest BCUT2D eigenvalue weighted by molar-refractivity contribution is 5.91. The van der Waals surface area contributed by atoms with Crippen molar-refractivity contribution in [3.63, 3.8) is 0 Å². The summed E-state index contributed by atoms with van der Waals surface area (Å²) in [5, 5.41) is 2.81. The van der Waals surface area contributed by atoms with E-state index in [9.17, 15) is 4.79 Å². The van der Waals surface area contributed by atoms with Crippen molar-refractivity contribution in [3.8, 4) is 0 Å². The van der Waals surface area contributed by atoms with Crippen LogP contribution in [0.2, 0.25) is 0 Å². The summed E-state index contributed by atoms with van der Waals surface area (Å²) in [5.74, 6) is 0.798. The van der Waals surface area contributed by atoms with Crippen molar-refractivity contribution in [1.29, 1.82) is 0 Å². The Kier molecular flexibility index (Phi) is 5.01. The van der Waals surface area contributed by atoms with Gasteiger partial charge in [0.15, 0.2) is 5.76 Å². The highest BCUT2D eigenvalue weighted by Crippen LogP contribution is 2.06. The van der Waals surface area contributed by atoms with Crippen molar-refractivity contribution in [1.82, 2.24) is 5.32 Å². The molecule has 1 heterocycles. The summed E-state index contributed by atoms with van der Waals surface area (Å²) in [6, 6.07) is 3.33. The molecule has 1 unspecified atom stereocenters. The van der Waals surface area contributed by atoms with Gasteiger partial charge in [-0.3, -0.25) is 4.79 Å². The van der Waals surface area contributed by atoms with Gasteiger partial charge in [0.25, 0.3) is 5.91 Å². The van der Waals surface area contributed by atoms with Gasteiger partial charge in [0.05, 0.1) is 12.6 Å². The van der Waals surface area contributed by atoms with E-state index in [0.717, 1.165) is 0 Å². The number of ether oxygens (including phenoxy) is 1. The number of aryl methyl sites for hydroxylation is 1. The molecule has 5 nitrogen and oxygen atoms in total. The van der Waals surface area contributed by atoms with Crippen molar-refractivity contribution >= 4 is 5.91 Å². The summed E-state index contributed by atoms with van der Waals surface area (Å²) in [6.45, 7) is 2.75. The van der Waals surface area contributed by atoms with E-state index in [2.05, 4.69) is 5.32 Å². The zero-order valence-corrected chi connectivity index (χ0v) is 9.66. The summed E-state index contributed by atoms with van der Waals surface area (Å²) in [6.07, 6.45) is 0.680. The molecule has 0 aliphatic carbocycles. The Bertz CT molecular complexity index is 330. The Morgan fingerprint density at radius 3 is 2.88 bits per heavy atom. The number of methoxy groups -OCH3 is 1. The lowest BCUT2D eigenvalue weighted by Crippen LogP contribution is -2.39. The van der Waals surface area contributed by atoms with Crippen LogP contribution in [0.3, 0.4) is 0 Å². The van der Waals surface area contributed by atoms with E-state index in [0.29, 0.717) is 31.1 Å². The number of hydrogen-bond donors (Lipinski definition) is 2. The number of furan rings is 1. The molecule has 0 saturated carbocycles. The maximum atomic E-state index is 11.7. The molecule has 5 heteroatoms. The first-order valence-electron chi connectivity index (χ1n) is 5.23. The third-order valence-corrected chi connectivity index (χ3v) is 2.18. The lowest BCUT2D eigenvalue weighted by atomic mass is 10.2. The molecule has 1 aromatic rings. The van der Waals surface area contributed by atoms with E-state index in [-0.39, 0.29) is 11.9 Å². The number of rotatable bonds is 6. The Hall–Kier alpha value is -1.33. The van der Waals surface area contributed by atoms with Crippen LogP contribution >= 0.6 is 0 Å². The van der Waals surface area contributed by atoms with Crippen LogP contribution in [0, 0.1) is 6.92 Å². The summed E-state index contributed by atoms with van der Waals surface area (Å²) < 4.78 is 10.2. The monoisotopic (exact) mass is 226 g/mol. The van der Waals surface area contributed by atoms with Gasteiger partial charge in [-0.1, -0.05) is 0 Å². The highest BCUT2D eigenvalue weighted by Gasteiger charge is 2.15. The van der Waals surface area contributed by atoms with E-state index >= 15 is 0 Å². The normalized spacial score (nSPS) is 12.4. The standard InChI is InChI=1S/C11H18N2O3/c1-8-3-4-10(16-8)11(14)13-9(5-6-12)7-15-2/h3-4,9H,5-7,12H2,1-2H3,(H,13,14). The maximum absolute atomic E-state index is 11.7. The van der Waals surface area contributed by atoms with Crippen molar-refractivity contribution in [2.75, 3.05) is 20.3 Å². The lowest BCUT2D eigenvalue weighted by Gasteiger charge is -2.15. The van der Waals surface area contributed by atoms with Gasteiger partial charge in [-0.2, -0.15) is 0 Å². The summed E-state index contributed by atoms with van der Waals surface area (Å²) in [5.41, 5.74) is 5.45. The number of carbonyl (C=O) groups excluding carboxylic acids is 1. The summed E-state index contributed by atoms with van der Waals surface area (Å²) in [7, 11) is 1.59. The highest BCUT2D eigenvalue weighted by atomic mass is 16.5. The molecule has 0 spiro atoms. The molecule has 1 atom stereocenters. The van der Waals surface area contributed by atoms with Crippen molar-refractivity contribution in [2.45, 2.75) is 19.4 Å². The predicted molar refractivity (Wildman–Crippen MR) is 60.2 cm³/mol. The Morgan fingerprint density at radius 2 is 2.38 bits per heavy atom. The van der Waals surface area contributed by atoms with Crippen LogP contribution in [-0.2, 0) is 4.74 Å². The molecule has 1 rings (SSSR count). The van der Waals surface area contributed by atoms with E-state index in [1.807, 2.05) is 0 Å². The van der Waals surface area contributed by atoms with Crippen molar-refractivity contribution < 1.29 is 13.9 Å².